The molecule has 25 heavy (non-hydrogen) atoms. The molecule has 3 rings (SSSR count). The second kappa shape index (κ2) is 8.02. The van der Waals surface area contributed by atoms with Crippen molar-refractivity contribution in [3.63, 3.8) is 0 Å². The Balaban J connectivity index is 1.62. The number of anilines is 1. The van der Waals surface area contributed by atoms with Crippen molar-refractivity contribution in [3.05, 3.63) is 90.0 Å². The summed E-state index contributed by atoms with van der Waals surface area (Å²) in [6.45, 7) is 0.494. The molecule has 0 bridgehead atoms. The number of benzene rings is 3. The fourth-order valence-electron chi connectivity index (χ4n) is 2.39. The summed E-state index contributed by atoms with van der Waals surface area (Å²) in [4.78, 5) is 12.4. The van der Waals surface area contributed by atoms with Gasteiger partial charge in [0, 0.05) is 5.56 Å². The summed E-state index contributed by atoms with van der Waals surface area (Å²) < 4.78 is 11.0. The first-order valence-electron chi connectivity index (χ1n) is 7.97. The van der Waals surface area contributed by atoms with Gasteiger partial charge in [0.2, 0.25) is 0 Å². The minimum Gasteiger partial charge on any atom is -0.495 e. The van der Waals surface area contributed by atoms with Crippen molar-refractivity contribution in [3.8, 4) is 11.5 Å². The van der Waals surface area contributed by atoms with E-state index in [9.17, 15) is 4.79 Å². The van der Waals surface area contributed by atoms with Crippen molar-refractivity contribution < 1.29 is 14.3 Å². The Labute approximate surface area is 147 Å². The average Bonchev–Trinajstić information content (AvgIpc) is 2.68. The normalized spacial score (nSPS) is 10.1. The summed E-state index contributed by atoms with van der Waals surface area (Å²) in [7, 11) is 1.57. The molecular formula is C21H19NO3. The van der Waals surface area contributed by atoms with Gasteiger partial charge in [0.05, 0.1) is 12.8 Å². The van der Waals surface area contributed by atoms with Crippen LogP contribution in [-0.4, -0.2) is 13.0 Å². The molecular weight excluding hydrogens is 314 g/mol. The molecule has 4 nitrogen and oxygen atoms in total. The van der Waals surface area contributed by atoms with Crippen LogP contribution in [0.1, 0.15) is 15.9 Å². The van der Waals surface area contributed by atoms with E-state index in [1.807, 2.05) is 42.5 Å². The van der Waals surface area contributed by atoms with Gasteiger partial charge in [-0.15, -0.1) is 0 Å². The molecule has 0 aliphatic carbocycles. The highest BCUT2D eigenvalue weighted by molar-refractivity contribution is 6.05. The molecule has 0 saturated heterocycles. The van der Waals surface area contributed by atoms with Crippen LogP contribution in [0.4, 0.5) is 5.69 Å². The van der Waals surface area contributed by atoms with Gasteiger partial charge in [0.25, 0.3) is 5.91 Å². The largest absolute Gasteiger partial charge is 0.495 e. The summed E-state index contributed by atoms with van der Waals surface area (Å²) in [5, 5.41) is 2.85. The summed E-state index contributed by atoms with van der Waals surface area (Å²) >= 11 is 0. The molecule has 126 valence electrons. The fourth-order valence-corrected chi connectivity index (χ4v) is 2.39. The van der Waals surface area contributed by atoms with Crippen molar-refractivity contribution >= 4 is 11.6 Å². The maximum atomic E-state index is 12.4. The molecule has 0 radical (unpaired) electrons. The van der Waals surface area contributed by atoms with E-state index in [4.69, 9.17) is 9.47 Å². The molecule has 3 aromatic carbocycles. The number of hydrogen-bond acceptors (Lipinski definition) is 3. The monoisotopic (exact) mass is 333 g/mol. The van der Waals surface area contributed by atoms with E-state index in [1.165, 1.54) is 0 Å². The van der Waals surface area contributed by atoms with Crippen LogP contribution in [0.15, 0.2) is 78.9 Å². The van der Waals surface area contributed by atoms with Crippen LogP contribution >= 0.6 is 0 Å². The van der Waals surface area contributed by atoms with Gasteiger partial charge < -0.3 is 14.8 Å². The highest BCUT2D eigenvalue weighted by Gasteiger charge is 2.09. The number of carbonyl (C=O) groups is 1. The first-order valence-corrected chi connectivity index (χ1v) is 7.97. The Hall–Kier alpha value is -3.27. The van der Waals surface area contributed by atoms with Crippen molar-refractivity contribution in [2.75, 3.05) is 12.4 Å². The zero-order valence-corrected chi connectivity index (χ0v) is 13.9. The Morgan fingerprint density at radius 2 is 1.56 bits per heavy atom. The Morgan fingerprint density at radius 1 is 0.880 bits per heavy atom. The lowest BCUT2D eigenvalue weighted by Gasteiger charge is -2.10. The molecule has 0 aliphatic rings. The fraction of sp³-hybridized carbons (Fsp3) is 0.0952. The first-order chi connectivity index (χ1) is 12.3. The number of rotatable bonds is 6. The molecule has 0 heterocycles. The lowest BCUT2D eigenvalue weighted by molar-refractivity contribution is 0.102. The van der Waals surface area contributed by atoms with Gasteiger partial charge in [0.15, 0.2) is 0 Å². The van der Waals surface area contributed by atoms with Gasteiger partial charge in [-0.1, -0.05) is 42.5 Å². The van der Waals surface area contributed by atoms with Crippen LogP contribution < -0.4 is 14.8 Å². The molecule has 0 spiro atoms. The van der Waals surface area contributed by atoms with E-state index >= 15 is 0 Å². The highest BCUT2D eigenvalue weighted by Crippen LogP contribution is 2.24. The molecule has 0 aliphatic heterocycles. The number of amides is 1. The quantitative estimate of drug-likeness (QED) is 0.721. The van der Waals surface area contributed by atoms with Gasteiger partial charge >= 0.3 is 0 Å². The van der Waals surface area contributed by atoms with Gasteiger partial charge in [-0.2, -0.15) is 0 Å². The standard InChI is InChI=1S/C21H19NO3/c1-24-20-10-6-5-9-19(20)22-21(23)17-11-13-18(14-12-17)25-15-16-7-3-2-4-8-16/h2-14H,15H2,1H3,(H,22,23). The van der Waals surface area contributed by atoms with Gasteiger partial charge in [-0.05, 0) is 42.0 Å². The van der Waals surface area contributed by atoms with Crippen molar-refractivity contribution in [1.82, 2.24) is 0 Å². The number of carbonyl (C=O) groups excluding carboxylic acids is 1. The van der Waals surface area contributed by atoms with Crippen molar-refractivity contribution in [1.29, 1.82) is 0 Å². The molecule has 1 amide bonds. The summed E-state index contributed by atoms with van der Waals surface area (Å²) in [5.41, 5.74) is 2.29. The Morgan fingerprint density at radius 3 is 2.28 bits per heavy atom. The van der Waals surface area contributed by atoms with Crippen LogP contribution in [0.5, 0.6) is 11.5 Å². The predicted octanol–water partition coefficient (Wildman–Crippen LogP) is 4.53. The van der Waals surface area contributed by atoms with E-state index in [1.54, 1.807) is 43.5 Å². The zero-order chi connectivity index (χ0) is 17.5. The molecule has 0 atom stereocenters. The van der Waals surface area contributed by atoms with Crippen LogP contribution in [0, 0.1) is 0 Å². The lowest BCUT2D eigenvalue weighted by atomic mass is 10.2. The van der Waals surface area contributed by atoms with E-state index in [-0.39, 0.29) is 5.91 Å². The lowest BCUT2D eigenvalue weighted by Crippen LogP contribution is -2.12. The number of nitrogens with one attached hydrogen (secondary N) is 1. The average molecular weight is 333 g/mol. The first kappa shape index (κ1) is 16.6. The molecule has 0 fully saturated rings. The second-order valence-electron chi connectivity index (χ2n) is 5.45. The maximum absolute atomic E-state index is 12.4. The summed E-state index contributed by atoms with van der Waals surface area (Å²) in [6, 6.07) is 24.3. The molecule has 0 unspecified atom stereocenters. The molecule has 4 heteroatoms. The third kappa shape index (κ3) is 4.38. The summed E-state index contributed by atoms with van der Waals surface area (Å²) in [6.07, 6.45) is 0. The molecule has 0 aromatic heterocycles. The molecule has 0 saturated carbocycles. The van der Waals surface area contributed by atoms with E-state index < -0.39 is 0 Å². The van der Waals surface area contributed by atoms with Crippen LogP contribution in [0.3, 0.4) is 0 Å². The third-order valence-electron chi connectivity index (χ3n) is 3.72. The number of methoxy groups -OCH3 is 1. The minimum atomic E-state index is -0.195. The number of hydrogen-bond donors (Lipinski definition) is 1. The Kier molecular flexibility index (Phi) is 5.32. The van der Waals surface area contributed by atoms with Crippen LogP contribution in [-0.2, 0) is 6.61 Å². The van der Waals surface area contributed by atoms with Gasteiger partial charge in [-0.3, -0.25) is 4.79 Å². The minimum absolute atomic E-state index is 0.195. The Bertz CT molecular complexity index is 829. The van der Waals surface area contributed by atoms with E-state index in [0.717, 1.165) is 11.3 Å². The van der Waals surface area contributed by atoms with Crippen LogP contribution in [0.25, 0.3) is 0 Å². The number of para-hydroxylation sites is 2. The van der Waals surface area contributed by atoms with Crippen molar-refractivity contribution in [2.24, 2.45) is 0 Å². The van der Waals surface area contributed by atoms with E-state index in [2.05, 4.69) is 5.32 Å². The smallest absolute Gasteiger partial charge is 0.255 e. The topological polar surface area (TPSA) is 47.6 Å². The van der Waals surface area contributed by atoms with Gasteiger partial charge in [-0.25, -0.2) is 0 Å². The van der Waals surface area contributed by atoms with Crippen molar-refractivity contribution in [2.45, 2.75) is 6.61 Å². The van der Waals surface area contributed by atoms with Crippen LogP contribution in [0.2, 0.25) is 0 Å². The zero-order valence-electron chi connectivity index (χ0n) is 13.9. The van der Waals surface area contributed by atoms with Gasteiger partial charge in [0.1, 0.15) is 18.1 Å². The SMILES string of the molecule is COc1ccccc1NC(=O)c1ccc(OCc2ccccc2)cc1. The molecule has 1 N–H and O–H groups in total. The number of ether oxygens (including phenoxy) is 2. The maximum Gasteiger partial charge on any atom is 0.255 e. The molecule has 3 aromatic rings. The second-order valence-corrected chi connectivity index (χ2v) is 5.45. The summed E-state index contributed by atoms with van der Waals surface area (Å²) in [5.74, 6) is 1.15. The third-order valence-corrected chi connectivity index (χ3v) is 3.72. The predicted molar refractivity (Wildman–Crippen MR) is 98.2 cm³/mol. The highest BCUT2D eigenvalue weighted by atomic mass is 16.5. The van der Waals surface area contributed by atoms with E-state index in [0.29, 0.717) is 23.6 Å².